The zero-order valence-corrected chi connectivity index (χ0v) is 11.7. The molecule has 0 aromatic heterocycles. The molecule has 2 rings (SSSR count). The van der Waals surface area contributed by atoms with Crippen molar-refractivity contribution in [2.24, 2.45) is 17.6 Å². The first-order valence-corrected chi connectivity index (χ1v) is 7.57. The number of aliphatic hydroxyl groups excluding tert-OH is 1. The minimum atomic E-state index is -0.316. The van der Waals surface area contributed by atoms with Crippen LogP contribution in [0.25, 0.3) is 0 Å². The minimum absolute atomic E-state index is 0.229. The number of aliphatic hydroxyl groups is 1. The van der Waals surface area contributed by atoms with E-state index in [0.717, 1.165) is 44.8 Å². The van der Waals surface area contributed by atoms with E-state index < -0.39 is 0 Å². The van der Waals surface area contributed by atoms with E-state index >= 15 is 0 Å². The maximum absolute atomic E-state index is 11.4. The van der Waals surface area contributed by atoms with Crippen LogP contribution < -0.4 is 11.1 Å². The van der Waals surface area contributed by atoms with Crippen molar-refractivity contribution in [2.45, 2.75) is 44.6 Å². The van der Waals surface area contributed by atoms with Gasteiger partial charge in [0.15, 0.2) is 0 Å². The molecule has 110 valence electrons. The number of hydrogen-bond acceptors (Lipinski definition) is 3. The fourth-order valence-electron chi connectivity index (χ4n) is 3.15. The maximum atomic E-state index is 11.4. The molecule has 1 saturated heterocycles. The highest BCUT2D eigenvalue weighted by molar-refractivity contribution is 5.72. The van der Waals surface area contributed by atoms with Crippen LogP contribution in [0, 0.1) is 11.8 Å². The van der Waals surface area contributed by atoms with Crippen molar-refractivity contribution >= 4 is 6.03 Å². The van der Waals surface area contributed by atoms with E-state index in [0.29, 0.717) is 12.0 Å². The Labute approximate surface area is 115 Å². The van der Waals surface area contributed by atoms with Crippen LogP contribution in [0.15, 0.2) is 0 Å². The summed E-state index contributed by atoms with van der Waals surface area (Å²) in [5, 5.41) is 12.5. The highest BCUT2D eigenvalue weighted by Gasteiger charge is 2.29. The molecule has 5 heteroatoms. The minimum Gasteiger partial charge on any atom is -0.396 e. The van der Waals surface area contributed by atoms with Crippen LogP contribution in [0.4, 0.5) is 4.79 Å². The Morgan fingerprint density at radius 2 is 2.11 bits per heavy atom. The van der Waals surface area contributed by atoms with Gasteiger partial charge >= 0.3 is 6.03 Å². The molecule has 1 heterocycles. The number of carbonyl (C=O) groups excluding carboxylic acids is 1. The summed E-state index contributed by atoms with van der Waals surface area (Å²) in [7, 11) is 0. The summed E-state index contributed by atoms with van der Waals surface area (Å²) in [5.41, 5.74) is 5.42. The Hall–Kier alpha value is -0.810. The van der Waals surface area contributed by atoms with Gasteiger partial charge in [-0.25, -0.2) is 4.79 Å². The van der Waals surface area contributed by atoms with Crippen LogP contribution in [0.1, 0.15) is 38.5 Å². The van der Waals surface area contributed by atoms with E-state index in [-0.39, 0.29) is 12.6 Å². The lowest BCUT2D eigenvalue weighted by atomic mass is 9.84. The standard InChI is InChI=1S/C14H27N3O2/c15-14(19)17-9-12(5-2-6-18)7-13(10-17)16-8-11-3-1-4-11/h11-13,16,18H,1-10H2,(H2,15,19). The Kier molecular flexibility index (Phi) is 5.45. The molecule has 2 atom stereocenters. The van der Waals surface area contributed by atoms with E-state index in [2.05, 4.69) is 5.32 Å². The number of likely N-dealkylation sites (tertiary alicyclic amines) is 1. The number of primary amides is 1. The lowest BCUT2D eigenvalue weighted by molar-refractivity contribution is 0.139. The molecule has 4 N–H and O–H groups in total. The topological polar surface area (TPSA) is 78.6 Å². The van der Waals surface area contributed by atoms with Gasteiger partial charge in [-0.15, -0.1) is 0 Å². The Balaban J connectivity index is 1.80. The van der Waals surface area contributed by atoms with Crippen LogP contribution in [-0.4, -0.2) is 48.3 Å². The lowest BCUT2D eigenvalue weighted by Gasteiger charge is -2.38. The average Bonchev–Trinajstić information content (AvgIpc) is 2.34. The first-order valence-electron chi connectivity index (χ1n) is 7.57. The summed E-state index contributed by atoms with van der Waals surface area (Å²) < 4.78 is 0. The number of nitrogens with zero attached hydrogens (tertiary/aromatic N) is 1. The SMILES string of the molecule is NC(=O)N1CC(CCCO)CC(NCC2CCC2)C1. The van der Waals surface area contributed by atoms with Crippen LogP contribution in [0.2, 0.25) is 0 Å². The number of hydrogen-bond donors (Lipinski definition) is 3. The van der Waals surface area contributed by atoms with E-state index in [1.54, 1.807) is 4.90 Å². The molecule has 1 aliphatic heterocycles. The number of rotatable bonds is 6. The van der Waals surface area contributed by atoms with Crippen molar-refractivity contribution in [2.75, 3.05) is 26.2 Å². The molecule has 0 aromatic carbocycles. The summed E-state index contributed by atoms with van der Waals surface area (Å²) >= 11 is 0. The van der Waals surface area contributed by atoms with Crippen molar-refractivity contribution in [3.05, 3.63) is 0 Å². The van der Waals surface area contributed by atoms with Gasteiger partial charge in [0.25, 0.3) is 0 Å². The molecule has 2 unspecified atom stereocenters. The molecule has 19 heavy (non-hydrogen) atoms. The van der Waals surface area contributed by atoms with Crippen molar-refractivity contribution in [1.29, 1.82) is 0 Å². The van der Waals surface area contributed by atoms with Gasteiger partial charge in [0.1, 0.15) is 0 Å². The first kappa shape index (κ1) is 14.6. The molecule has 2 fully saturated rings. The molecule has 2 aliphatic rings. The highest BCUT2D eigenvalue weighted by atomic mass is 16.2. The van der Waals surface area contributed by atoms with Gasteiger partial charge in [-0.1, -0.05) is 6.42 Å². The third-order valence-electron chi connectivity index (χ3n) is 4.54. The van der Waals surface area contributed by atoms with E-state index in [4.69, 9.17) is 10.8 Å². The Morgan fingerprint density at radius 1 is 1.32 bits per heavy atom. The fraction of sp³-hybridized carbons (Fsp3) is 0.929. The summed E-state index contributed by atoms with van der Waals surface area (Å²) in [4.78, 5) is 13.1. The summed E-state index contributed by atoms with van der Waals surface area (Å²) in [6.45, 7) is 2.78. The van der Waals surface area contributed by atoms with Crippen molar-refractivity contribution in [3.63, 3.8) is 0 Å². The number of carbonyl (C=O) groups is 1. The molecule has 5 nitrogen and oxygen atoms in total. The number of nitrogens with one attached hydrogen (secondary N) is 1. The Bertz CT molecular complexity index is 294. The van der Waals surface area contributed by atoms with Gasteiger partial charge in [-0.3, -0.25) is 0 Å². The van der Waals surface area contributed by atoms with Gasteiger partial charge in [0, 0.05) is 25.7 Å². The second-order valence-corrected chi connectivity index (χ2v) is 6.11. The summed E-state index contributed by atoms with van der Waals surface area (Å²) in [6.07, 6.45) is 6.93. The van der Waals surface area contributed by atoms with E-state index in [9.17, 15) is 4.79 Å². The van der Waals surface area contributed by atoms with Gasteiger partial charge < -0.3 is 21.1 Å². The zero-order valence-electron chi connectivity index (χ0n) is 11.7. The number of piperidine rings is 1. The average molecular weight is 269 g/mol. The van der Waals surface area contributed by atoms with E-state index in [1.165, 1.54) is 19.3 Å². The fourth-order valence-corrected chi connectivity index (χ4v) is 3.15. The Morgan fingerprint density at radius 3 is 2.68 bits per heavy atom. The molecule has 0 aromatic rings. The number of nitrogens with two attached hydrogens (primary N) is 1. The van der Waals surface area contributed by atoms with Crippen LogP contribution in [-0.2, 0) is 0 Å². The van der Waals surface area contributed by atoms with Crippen molar-refractivity contribution in [1.82, 2.24) is 10.2 Å². The molecule has 1 saturated carbocycles. The largest absolute Gasteiger partial charge is 0.396 e. The quantitative estimate of drug-likeness (QED) is 0.671. The number of amides is 2. The van der Waals surface area contributed by atoms with Gasteiger partial charge in [0.2, 0.25) is 0 Å². The molecular weight excluding hydrogens is 242 g/mol. The van der Waals surface area contributed by atoms with Gasteiger partial charge in [-0.05, 0) is 50.5 Å². The van der Waals surface area contributed by atoms with Crippen molar-refractivity contribution in [3.8, 4) is 0 Å². The second kappa shape index (κ2) is 7.10. The van der Waals surface area contributed by atoms with Gasteiger partial charge in [-0.2, -0.15) is 0 Å². The predicted octanol–water partition coefficient (Wildman–Crippen LogP) is 0.918. The van der Waals surface area contributed by atoms with E-state index in [1.807, 2.05) is 0 Å². The van der Waals surface area contributed by atoms with Crippen LogP contribution in [0.5, 0.6) is 0 Å². The molecule has 1 aliphatic carbocycles. The molecule has 0 bridgehead atoms. The maximum Gasteiger partial charge on any atom is 0.314 e. The third kappa shape index (κ3) is 4.35. The molecule has 0 spiro atoms. The molecule has 2 amide bonds. The van der Waals surface area contributed by atoms with Gasteiger partial charge in [0.05, 0.1) is 0 Å². The first-order chi connectivity index (χ1) is 9.19. The van der Waals surface area contributed by atoms with Crippen LogP contribution in [0.3, 0.4) is 0 Å². The summed E-state index contributed by atoms with van der Waals surface area (Å²) in [5.74, 6) is 1.30. The second-order valence-electron chi connectivity index (χ2n) is 6.11. The predicted molar refractivity (Wildman–Crippen MR) is 74.7 cm³/mol. The molecular formula is C14H27N3O2. The third-order valence-corrected chi connectivity index (χ3v) is 4.54. The number of urea groups is 1. The highest BCUT2D eigenvalue weighted by Crippen LogP contribution is 2.26. The lowest BCUT2D eigenvalue weighted by Crippen LogP contribution is -2.53. The normalized spacial score (nSPS) is 28.2. The smallest absolute Gasteiger partial charge is 0.314 e. The molecule has 0 radical (unpaired) electrons. The zero-order chi connectivity index (χ0) is 13.7. The van der Waals surface area contributed by atoms with Crippen LogP contribution >= 0.6 is 0 Å². The summed E-state index contributed by atoms with van der Waals surface area (Å²) in [6, 6.07) is 0.0506. The monoisotopic (exact) mass is 269 g/mol. The van der Waals surface area contributed by atoms with Crippen molar-refractivity contribution < 1.29 is 9.90 Å².